The zero-order valence-corrected chi connectivity index (χ0v) is 10.2. The van der Waals surface area contributed by atoms with Crippen molar-refractivity contribution in [3.05, 3.63) is 18.5 Å². The van der Waals surface area contributed by atoms with Gasteiger partial charge in [0.25, 0.3) is 0 Å². The van der Waals surface area contributed by atoms with Crippen LogP contribution in [-0.4, -0.2) is 24.6 Å². The van der Waals surface area contributed by atoms with E-state index in [0.29, 0.717) is 0 Å². The maximum atomic E-state index is 4.30. The summed E-state index contributed by atoms with van der Waals surface area (Å²) in [5.74, 6) is 0.919. The Balaban J connectivity index is 2.06. The third-order valence-electron chi connectivity index (χ3n) is 3.03. The van der Waals surface area contributed by atoms with Gasteiger partial charge in [0.1, 0.15) is 0 Å². The molecule has 3 heteroatoms. The fourth-order valence-corrected chi connectivity index (χ4v) is 1.93. The first kappa shape index (κ1) is 11.2. The summed E-state index contributed by atoms with van der Waals surface area (Å²) in [7, 11) is 0. The maximum Gasteiger partial charge on any atom is 0.0573 e. The summed E-state index contributed by atoms with van der Waals surface area (Å²) in [5, 5.41) is 3.31. The Morgan fingerprint density at radius 1 is 1.38 bits per heavy atom. The summed E-state index contributed by atoms with van der Waals surface area (Å²) < 4.78 is 0. The fourth-order valence-electron chi connectivity index (χ4n) is 1.93. The topological polar surface area (TPSA) is 28.2 Å². The molecular weight excluding hydrogens is 198 g/mol. The predicted molar refractivity (Wildman–Crippen MR) is 69.0 cm³/mol. The molecule has 1 aromatic rings. The van der Waals surface area contributed by atoms with Gasteiger partial charge in [-0.15, -0.1) is 0 Å². The molecule has 0 aromatic carbocycles. The molecule has 1 aromatic heterocycles. The monoisotopic (exact) mass is 219 g/mol. The number of hydrogen-bond donors (Lipinski definition) is 1. The van der Waals surface area contributed by atoms with Crippen molar-refractivity contribution in [1.29, 1.82) is 0 Å². The second-order valence-corrected chi connectivity index (χ2v) is 4.44. The Bertz CT molecular complexity index is 334. The molecule has 0 unspecified atom stereocenters. The van der Waals surface area contributed by atoms with Gasteiger partial charge in [-0.05, 0) is 38.7 Å². The molecule has 1 fully saturated rings. The van der Waals surface area contributed by atoms with Gasteiger partial charge in [-0.25, -0.2) is 0 Å². The van der Waals surface area contributed by atoms with Gasteiger partial charge in [-0.3, -0.25) is 4.98 Å². The molecule has 3 nitrogen and oxygen atoms in total. The summed E-state index contributed by atoms with van der Waals surface area (Å²) in [6, 6.07) is 2.20. The van der Waals surface area contributed by atoms with E-state index in [1.807, 2.05) is 12.4 Å². The second kappa shape index (κ2) is 5.19. The molecule has 16 heavy (non-hydrogen) atoms. The number of pyridine rings is 1. The van der Waals surface area contributed by atoms with Gasteiger partial charge in [0.05, 0.1) is 23.8 Å². The minimum Gasteiger partial charge on any atom is -0.384 e. The van der Waals surface area contributed by atoms with E-state index in [1.54, 1.807) is 0 Å². The van der Waals surface area contributed by atoms with E-state index in [9.17, 15) is 0 Å². The first-order valence-corrected chi connectivity index (χ1v) is 6.27. The van der Waals surface area contributed by atoms with Crippen molar-refractivity contribution in [3.8, 4) is 0 Å². The molecule has 1 N–H and O–H groups in total. The standard InChI is InChI=1S/C13H21N3/c1-3-15-12-7-13(9-14-8-12)16(4-2)10-11-5-6-11/h7-9,11,15H,3-6,10H2,1-2H3. The molecule has 0 radical (unpaired) electrons. The van der Waals surface area contributed by atoms with Crippen LogP contribution < -0.4 is 10.2 Å². The zero-order chi connectivity index (χ0) is 11.4. The molecule has 88 valence electrons. The maximum absolute atomic E-state index is 4.30. The van der Waals surface area contributed by atoms with E-state index in [2.05, 4.69) is 35.1 Å². The van der Waals surface area contributed by atoms with Crippen LogP contribution in [0.25, 0.3) is 0 Å². The Labute approximate surface area is 97.9 Å². The van der Waals surface area contributed by atoms with Crippen LogP contribution >= 0.6 is 0 Å². The van der Waals surface area contributed by atoms with Gasteiger partial charge in [0.15, 0.2) is 0 Å². The summed E-state index contributed by atoms with van der Waals surface area (Å²) >= 11 is 0. The highest BCUT2D eigenvalue weighted by Gasteiger charge is 2.23. The Morgan fingerprint density at radius 3 is 2.81 bits per heavy atom. The highest BCUT2D eigenvalue weighted by atomic mass is 15.1. The minimum atomic E-state index is 0.919. The highest BCUT2D eigenvalue weighted by Crippen LogP contribution is 2.31. The van der Waals surface area contributed by atoms with Crippen LogP contribution in [0.3, 0.4) is 0 Å². The Kier molecular flexibility index (Phi) is 3.65. The van der Waals surface area contributed by atoms with Gasteiger partial charge >= 0.3 is 0 Å². The molecule has 0 bridgehead atoms. The normalized spacial score (nSPS) is 14.9. The molecule has 0 aliphatic heterocycles. The average molecular weight is 219 g/mol. The number of nitrogens with one attached hydrogen (secondary N) is 1. The summed E-state index contributed by atoms with van der Waals surface area (Å²) in [5.41, 5.74) is 2.36. The number of nitrogens with zero attached hydrogens (tertiary/aromatic N) is 2. The van der Waals surface area contributed by atoms with Crippen molar-refractivity contribution >= 4 is 11.4 Å². The van der Waals surface area contributed by atoms with Crippen LogP contribution in [-0.2, 0) is 0 Å². The minimum absolute atomic E-state index is 0.919. The number of aromatic nitrogens is 1. The fraction of sp³-hybridized carbons (Fsp3) is 0.615. The molecule has 0 amide bonds. The lowest BCUT2D eigenvalue weighted by atomic mass is 10.3. The average Bonchev–Trinajstić information content (AvgIpc) is 3.10. The Hall–Kier alpha value is -1.25. The smallest absolute Gasteiger partial charge is 0.0573 e. The molecule has 1 heterocycles. The summed E-state index contributed by atoms with van der Waals surface area (Å²) in [6.45, 7) is 7.51. The largest absolute Gasteiger partial charge is 0.384 e. The molecule has 0 saturated heterocycles. The van der Waals surface area contributed by atoms with Crippen LogP contribution in [0.4, 0.5) is 11.4 Å². The molecule has 0 spiro atoms. The van der Waals surface area contributed by atoms with E-state index in [0.717, 1.165) is 24.7 Å². The molecule has 1 aliphatic carbocycles. The number of hydrogen-bond acceptors (Lipinski definition) is 3. The van der Waals surface area contributed by atoms with E-state index in [1.165, 1.54) is 25.1 Å². The lowest BCUT2D eigenvalue weighted by Crippen LogP contribution is -2.25. The van der Waals surface area contributed by atoms with Gasteiger partial charge in [0, 0.05) is 19.6 Å². The molecule has 1 saturated carbocycles. The third kappa shape index (κ3) is 2.87. The van der Waals surface area contributed by atoms with E-state index >= 15 is 0 Å². The van der Waals surface area contributed by atoms with Crippen molar-refractivity contribution in [2.75, 3.05) is 29.9 Å². The predicted octanol–water partition coefficient (Wildman–Crippen LogP) is 2.75. The zero-order valence-electron chi connectivity index (χ0n) is 10.2. The van der Waals surface area contributed by atoms with E-state index < -0.39 is 0 Å². The second-order valence-electron chi connectivity index (χ2n) is 4.44. The van der Waals surface area contributed by atoms with Crippen molar-refractivity contribution in [2.24, 2.45) is 5.92 Å². The van der Waals surface area contributed by atoms with Crippen LogP contribution in [0.2, 0.25) is 0 Å². The first-order valence-electron chi connectivity index (χ1n) is 6.27. The lowest BCUT2D eigenvalue weighted by molar-refractivity contribution is 0.740. The Morgan fingerprint density at radius 2 is 2.19 bits per heavy atom. The van der Waals surface area contributed by atoms with Crippen molar-refractivity contribution in [2.45, 2.75) is 26.7 Å². The molecule has 0 atom stereocenters. The van der Waals surface area contributed by atoms with Crippen molar-refractivity contribution < 1.29 is 0 Å². The third-order valence-corrected chi connectivity index (χ3v) is 3.03. The van der Waals surface area contributed by atoms with Crippen LogP contribution in [0.1, 0.15) is 26.7 Å². The van der Waals surface area contributed by atoms with Crippen LogP contribution in [0.15, 0.2) is 18.5 Å². The number of rotatable bonds is 6. The number of anilines is 2. The summed E-state index contributed by atoms with van der Waals surface area (Å²) in [6.07, 6.45) is 6.65. The van der Waals surface area contributed by atoms with Gasteiger partial charge in [-0.1, -0.05) is 0 Å². The molecule has 1 aliphatic rings. The molecule has 2 rings (SSSR count). The quantitative estimate of drug-likeness (QED) is 0.797. The van der Waals surface area contributed by atoms with Gasteiger partial charge in [-0.2, -0.15) is 0 Å². The van der Waals surface area contributed by atoms with Gasteiger partial charge < -0.3 is 10.2 Å². The van der Waals surface area contributed by atoms with E-state index in [4.69, 9.17) is 0 Å². The SMILES string of the molecule is CCNc1cncc(N(CC)CC2CC2)c1. The van der Waals surface area contributed by atoms with Crippen LogP contribution in [0.5, 0.6) is 0 Å². The van der Waals surface area contributed by atoms with Crippen LogP contribution in [0, 0.1) is 5.92 Å². The first-order chi connectivity index (χ1) is 7.83. The lowest BCUT2D eigenvalue weighted by Gasteiger charge is -2.23. The van der Waals surface area contributed by atoms with Gasteiger partial charge in [0.2, 0.25) is 0 Å². The summed E-state index contributed by atoms with van der Waals surface area (Å²) in [4.78, 5) is 6.72. The highest BCUT2D eigenvalue weighted by molar-refractivity contribution is 5.55. The van der Waals surface area contributed by atoms with Crippen molar-refractivity contribution in [3.63, 3.8) is 0 Å². The van der Waals surface area contributed by atoms with E-state index in [-0.39, 0.29) is 0 Å². The van der Waals surface area contributed by atoms with Crippen molar-refractivity contribution in [1.82, 2.24) is 4.98 Å². The molecular formula is C13H21N3.